The smallest absolute Gasteiger partial charge is 0.164 e. The number of hydrogen-bond donors (Lipinski definition) is 2. The second kappa shape index (κ2) is 6.17. The highest BCUT2D eigenvalue weighted by molar-refractivity contribution is 5.99. The van der Waals surface area contributed by atoms with E-state index in [0.717, 1.165) is 49.4 Å². The number of nitrogens with zero attached hydrogens (tertiary/aromatic N) is 1. The first-order valence-corrected chi connectivity index (χ1v) is 6.84. The molecule has 1 aliphatic heterocycles. The fourth-order valence-corrected chi connectivity index (χ4v) is 2.70. The summed E-state index contributed by atoms with van der Waals surface area (Å²) in [5.74, 6) is 0.405. The lowest BCUT2D eigenvalue weighted by molar-refractivity contribution is 0.0959. The van der Waals surface area contributed by atoms with Gasteiger partial charge >= 0.3 is 0 Å². The largest absolute Gasteiger partial charge is 0.508 e. The van der Waals surface area contributed by atoms with Gasteiger partial charge in [0.25, 0.3) is 0 Å². The summed E-state index contributed by atoms with van der Waals surface area (Å²) < 4.78 is 0. The van der Waals surface area contributed by atoms with Crippen molar-refractivity contribution in [2.24, 2.45) is 0 Å². The number of Topliss-reactive ketones (excluding diaryl/α,β-unsaturated/α-hetero) is 1. The Morgan fingerprint density at radius 1 is 1.26 bits per heavy atom. The zero-order chi connectivity index (χ0) is 13.8. The molecule has 1 heterocycles. The quantitative estimate of drug-likeness (QED) is 0.807. The summed E-state index contributed by atoms with van der Waals surface area (Å²) in [5, 5.41) is 12.8. The highest BCUT2D eigenvalue weighted by Gasteiger charge is 2.16. The second-order valence-corrected chi connectivity index (χ2v) is 5.22. The van der Waals surface area contributed by atoms with Crippen LogP contribution in [0, 0.1) is 13.8 Å². The number of piperazine rings is 1. The van der Waals surface area contributed by atoms with Gasteiger partial charge < -0.3 is 15.3 Å². The van der Waals surface area contributed by atoms with Crippen LogP contribution in [0.2, 0.25) is 0 Å². The first-order valence-electron chi connectivity index (χ1n) is 6.84. The molecule has 1 fully saturated rings. The van der Waals surface area contributed by atoms with E-state index in [4.69, 9.17) is 0 Å². The maximum Gasteiger partial charge on any atom is 0.164 e. The first kappa shape index (κ1) is 14.0. The van der Waals surface area contributed by atoms with E-state index >= 15 is 0 Å². The van der Waals surface area contributed by atoms with Gasteiger partial charge in [-0.05, 0) is 37.1 Å². The SMILES string of the molecule is Cc1cc(O)cc(C)c1C(=O)CCN1CCNCC1. The van der Waals surface area contributed by atoms with Gasteiger partial charge in [0.15, 0.2) is 5.78 Å². The molecule has 4 heteroatoms. The Labute approximate surface area is 114 Å². The van der Waals surface area contributed by atoms with Crippen molar-refractivity contribution in [2.75, 3.05) is 32.7 Å². The number of carbonyl (C=O) groups is 1. The molecule has 0 spiro atoms. The van der Waals surface area contributed by atoms with Gasteiger partial charge in [-0.3, -0.25) is 4.79 Å². The number of benzene rings is 1. The van der Waals surface area contributed by atoms with Crippen LogP contribution in [0.3, 0.4) is 0 Å². The van der Waals surface area contributed by atoms with Crippen molar-refractivity contribution in [1.29, 1.82) is 0 Å². The Balaban J connectivity index is 1.99. The molecule has 1 aromatic carbocycles. The van der Waals surface area contributed by atoms with Gasteiger partial charge in [-0.2, -0.15) is 0 Å². The zero-order valence-electron chi connectivity index (χ0n) is 11.7. The summed E-state index contributed by atoms with van der Waals surface area (Å²) in [6, 6.07) is 3.32. The van der Waals surface area contributed by atoms with Gasteiger partial charge in [-0.1, -0.05) is 0 Å². The molecular formula is C15H22N2O2. The van der Waals surface area contributed by atoms with E-state index in [-0.39, 0.29) is 11.5 Å². The van der Waals surface area contributed by atoms with E-state index in [1.165, 1.54) is 0 Å². The van der Waals surface area contributed by atoms with Crippen LogP contribution >= 0.6 is 0 Å². The van der Waals surface area contributed by atoms with E-state index in [9.17, 15) is 9.90 Å². The molecule has 0 aromatic heterocycles. The molecule has 104 valence electrons. The van der Waals surface area contributed by atoms with E-state index in [0.29, 0.717) is 6.42 Å². The number of rotatable bonds is 4. The fraction of sp³-hybridized carbons (Fsp3) is 0.533. The lowest BCUT2D eigenvalue weighted by Gasteiger charge is -2.26. The van der Waals surface area contributed by atoms with Gasteiger partial charge in [0.1, 0.15) is 5.75 Å². The van der Waals surface area contributed by atoms with Crippen LogP contribution in [0.4, 0.5) is 0 Å². The maximum absolute atomic E-state index is 12.3. The number of phenols is 1. The molecule has 0 saturated carbocycles. The third-order valence-corrected chi connectivity index (χ3v) is 3.66. The molecular weight excluding hydrogens is 240 g/mol. The Kier molecular flexibility index (Phi) is 4.56. The van der Waals surface area contributed by atoms with Crippen LogP contribution in [0.15, 0.2) is 12.1 Å². The van der Waals surface area contributed by atoms with E-state index in [2.05, 4.69) is 10.2 Å². The van der Waals surface area contributed by atoms with E-state index in [1.807, 2.05) is 13.8 Å². The predicted molar refractivity (Wildman–Crippen MR) is 75.8 cm³/mol. The van der Waals surface area contributed by atoms with E-state index < -0.39 is 0 Å². The second-order valence-electron chi connectivity index (χ2n) is 5.22. The minimum Gasteiger partial charge on any atom is -0.508 e. The Hall–Kier alpha value is -1.39. The number of carbonyl (C=O) groups excluding carboxylic acids is 1. The maximum atomic E-state index is 12.3. The van der Waals surface area contributed by atoms with Crippen molar-refractivity contribution in [3.63, 3.8) is 0 Å². The normalized spacial score (nSPS) is 16.5. The monoisotopic (exact) mass is 262 g/mol. The molecule has 0 aliphatic carbocycles. The molecule has 1 aliphatic rings. The summed E-state index contributed by atoms with van der Waals surface area (Å²) in [7, 11) is 0. The van der Waals surface area contributed by atoms with Crippen LogP contribution in [0.1, 0.15) is 27.9 Å². The Morgan fingerprint density at radius 3 is 2.42 bits per heavy atom. The lowest BCUT2D eigenvalue weighted by Crippen LogP contribution is -2.44. The summed E-state index contributed by atoms with van der Waals surface area (Å²) in [6.07, 6.45) is 0.548. The molecule has 0 radical (unpaired) electrons. The zero-order valence-corrected chi connectivity index (χ0v) is 11.7. The number of aryl methyl sites for hydroxylation is 2. The van der Waals surface area contributed by atoms with Gasteiger partial charge in [-0.15, -0.1) is 0 Å². The topological polar surface area (TPSA) is 52.6 Å². The molecule has 4 nitrogen and oxygen atoms in total. The molecule has 0 atom stereocenters. The van der Waals surface area contributed by atoms with Gasteiger partial charge in [0.2, 0.25) is 0 Å². The van der Waals surface area contributed by atoms with E-state index in [1.54, 1.807) is 12.1 Å². The molecule has 1 saturated heterocycles. The summed E-state index contributed by atoms with van der Waals surface area (Å²) in [4.78, 5) is 14.6. The molecule has 19 heavy (non-hydrogen) atoms. The average Bonchev–Trinajstić information content (AvgIpc) is 2.36. The average molecular weight is 262 g/mol. The van der Waals surface area contributed by atoms with Crippen LogP contribution < -0.4 is 5.32 Å². The van der Waals surface area contributed by atoms with Gasteiger partial charge in [0.05, 0.1) is 0 Å². The van der Waals surface area contributed by atoms with Crippen molar-refractivity contribution in [3.05, 3.63) is 28.8 Å². The molecule has 2 N–H and O–H groups in total. The van der Waals surface area contributed by atoms with Crippen LogP contribution in [-0.2, 0) is 0 Å². The highest BCUT2D eigenvalue weighted by Crippen LogP contribution is 2.22. The number of nitrogens with one attached hydrogen (secondary N) is 1. The van der Waals surface area contributed by atoms with Crippen molar-refractivity contribution in [3.8, 4) is 5.75 Å². The fourth-order valence-electron chi connectivity index (χ4n) is 2.70. The third kappa shape index (κ3) is 3.55. The van der Waals surface area contributed by atoms with Gasteiger partial charge in [0, 0.05) is 44.7 Å². The molecule has 0 amide bonds. The minimum atomic E-state index is 0.175. The third-order valence-electron chi connectivity index (χ3n) is 3.66. The standard InChI is InChI=1S/C15H22N2O2/c1-11-9-13(18)10-12(2)15(11)14(19)3-6-17-7-4-16-5-8-17/h9-10,16,18H,3-8H2,1-2H3. The van der Waals surface area contributed by atoms with Crippen LogP contribution in [0.25, 0.3) is 0 Å². The summed E-state index contributed by atoms with van der Waals surface area (Å²) in [5.41, 5.74) is 2.50. The molecule has 0 unspecified atom stereocenters. The minimum absolute atomic E-state index is 0.175. The molecule has 0 bridgehead atoms. The van der Waals surface area contributed by atoms with Crippen LogP contribution in [0.5, 0.6) is 5.75 Å². The number of hydrogen-bond acceptors (Lipinski definition) is 4. The Bertz CT molecular complexity index is 442. The van der Waals surface area contributed by atoms with Crippen molar-refractivity contribution in [2.45, 2.75) is 20.3 Å². The molecule has 1 aromatic rings. The van der Waals surface area contributed by atoms with Crippen LogP contribution in [-0.4, -0.2) is 48.5 Å². The number of aromatic hydroxyl groups is 1. The van der Waals surface area contributed by atoms with Crippen molar-refractivity contribution < 1.29 is 9.90 Å². The van der Waals surface area contributed by atoms with Crippen molar-refractivity contribution in [1.82, 2.24) is 10.2 Å². The number of ketones is 1. The molecule has 2 rings (SSSR count). The lowest BCUT2D eigenvalue weighted by atomic mass is 9.97. The van der Waals surface area contributed by atoms with Crippen molar-refractivity contribution >= 4 is 5.78 Å². The summed E-state index contributed by atoms with van der Waals surface area (Å²) >= 11 is 0. The predicted octanol–water partition coefficient (Wildman–Crippen LogP) is 1.49. The van der Waals surface area contributed by atoms with Gasteiger partial charge in [-0.25, -0.2) is 0 Å². The summed E-state index contributed by atoms with van der Waals surface area (Å²) in [6.45, 7) is 8.62. The highest BCUT2D eigenvalue weighted by atomic mass is 16.3. The first-order chi connectivity index (χ1) is 9.08. The number of phenolic OH excluding ortho intramolecular Hbond substituents is 1. The Morgan fingerprint density at radius 2 is 1.84 bits per heavy atom.